The zero-order valence-corrected chi connectivity index (χ0v) is 12.9. The number of aromatic nitrogens is 2. The van der Waals surface area contributed by atoms with E-state index in [4.69, 9.17) is 9.97 Å². The summed E-state index contributed by atoms with van der Waals surface area (Å²) in [5.41, 5.74) is 3.61. The molecule has 0 atom stereocenters. The lowest BCUT2D eigenvalue weighted by atomic mass is 9.97. The summed E-state index contributed by atoms with van der Waals surface area (Å²) < 4.78 is 0. The van der Waals surface area contributed by atoms with Gasteiger partial charge in [-0.3, -0.25) is 0 Å². The van der Waals surface area contributed by atoms with Crippen molar-refractivity contribution in [2.75, 3.05) is 0 Å². The highest BCUT2D eigenvalue weighted by Gasteiger charge is 2.13. The quantitative estimate of drug-likeness (QED) is 0.772. The topological polar surface area (TPSA) is 25.8 Å². The van der Waals surface area contributed by atoms with E-state index in [2.05, 4.69) is 59.7 Å². The normalized spacial score (nSPS) is 12.1. The second-order valence-corrected chi connectivity index (χ2v) is 6.21. The molecule has 0 aliphatic carbocycles. The molecule has 0 amide bonds. The van der Waals surface area contributed by atoms with Crippen molar-refractivity contribution in [3.05, 3.63) is 35.3 Å². The molecule has 0 bridgehead atoms. The molecule has 2 aromatic rings. The van der Waals surface area contributed by atoms with Crippen LogP contribution in [0.3, 0.4) is 0 Å². The summed E-state index contributed by atoms with van der Waals surface area (Å²) in [6.07, 6.45) is 0. The summed E-state index contributed by atoms with van der Waals surface area (Å²) in [6.45, 7) is 13.1. The number of nitrogens with zero attached hydrogens (tertiary/aromatic N) is 2. The predicted molar refractivity (Wildman–Crippen MR) is 81.8 cm³/mol. The molecule has 2 nitrogen and oxygen atoms in total. The Labute approximate surface area is 116 Å². The fraction of sp³-hybridized carbons (Fsp3) is 0.529. The predicted octanol–water partition coefficient (Wildman–Crippen LogP) is 5.00. The van der Waals surface area contributed by atoms with E-state index in [0.29, 0.717) is 17.8 Å². The van der Waals surface area contributed by atoms with Gasteiger partial charge in [0.15, 0.2) is 0 Å². The number of hydrogen-bond donors (Lipinski definition) is 0. The van der Waals surface area contributed by atoms with Crippen LogP contribution in [-0.4, -0.2) is 9.97 Å². The van der Waals surface area contributed by atoms with Gasteiger partial charge in [0, 0.05) is 11.3 Å². The zero-order chi connectivity index (χ0) is 14.2. The lowest BCUT2D eigenvalue weighted by molar-refractivity contribution is 0.742. The molecule has 0 aliphatic rings. The van der Waals surface area contributed by atoms with Gasteiger partial charge in [0.05, 0.1) is 11.2 Å². The van der Waals surface area contributed by atoms with E-state index < -0.39 is 0 Å². The van der Waals surface area contributed by atoms with E-state index >= 15 is 0 Å². The molecule has 0 aliphatic heterocycles. The summed E-state index contributed by atoms with van der Waals surface area (Å²) in [5, 5.41) is 1.21. The average molecular weight is 256 g/mol. The summed E-state index contributed by atoms with van der Waals surface area (Å²) in [5.74, 6) is 2.28. The van der Waals surface area contributed by atoms with Crippen molar-refractivity contribution in [3.63, 3.8) is 0 Å². The minimum absolute atomic E-state index is 0.367. The van der Waals surface area contributed by atoms with Crippen LogP contribution in [0.25, 0.3) is 10.9 Å². The molecule has 1 heterocycles. The highest BCUT2D eigenvalue weighted by molar-refractivity contribution is 5.82. The van der Waals surface area contributed by atoms with Gasteiger partial charge in [0.2, 0.25) is 0 Å². The van der Waals surface area contributed by atoms with Gasteiger partial charge >= 0.3 is 0 Å². The fourth-order valence-corrected chi connectivity index (χ4v) is 2.25. The Morgan fingerprint density at radius 1 is 0.789 bits per heavy atom. The number of hydrogen-bond acceptors (Lipinski definition) is 2. The van der Waals surface area contributed by atoms with Crippen molar-refractivity contribution in [3.8, 4) is 0 Å². The van der Waals surface area contributed by atoms with E-state index in [1.807, 2.05) is 0 Å². The van der Waals surface area contributed by atoms with Crippen LogP contribution >= 0.6 is 0 Å². The first kappa shape index (κ1) is 14.0. The lowest BCUT2D eigenvalue weighted by Crippen LogP contribution is -2.05. The zero-order valence-electron chi connectivity index (χ0n) is 12.9. The molecule has 0 unspecified atom stereocenters. The standard InChI is InChI=1S/C17H24N2/c1-10(2)13-7-8-15-14(9-13)16(11(3)4)19-17(18-15)12(5)6/h7-12H,1-6H3. The molecule has 0 spiro atoms. The molecular formula is C17H24N2. The van der Waals surface area contributed by atoms with Crippen LogP contribution in [0, 0.1) is 0 Å². The van der Waals surface area contributed by atoms with Crippen molar-refractivity contribution in [1.82, 2.24) is 9.97 Å². The van der Waals surface area contributed by atoms with Crippen LogP contribution in [-0.2, 0) is 0 Å². The van der Waals surface area contributed by atoms with Gasteiger partial charge in [-0.15, -0.1) is 0 Å². The Morgan fingerprint density at radius 3 is 2.00 bits per heavy atom. The second-order valence-electron chi connectivity index (χ2n) is 6.21. The monoisotopic (exact) mass is 256 g/mol. The molecule has 0 saturated heterocycles. The van der Waals surface area contributed by atoms with Gasteiger partial charge in [0.25, 0.3) is 0 Å². The van der Waals surface area contributed by atoms with Gasteiger partial charge in [-0.25, -0.2) is 9.97 Å². The second kappa shape index (κ2) is 5.28. The van der Waals surface area contributed by atoms with Crippen molar-refractivity contribution >= 4 is 10.9 Å². The van der Waals surface area contributed by atoms with Gasteiger partial charge in [0.1, 0.15) is 5.82 Å². The van der Waals surface area contributed by atoms with Crippen molar-refractivity contribution in [1.29, 1.82) is 0 Å². The maximum Gasteiger partial charge on any atom is 0.131 e. The molecule has 0 radical (unpaired) electrons. The Balaban J connectivity index is 2.72. The van der Waals surface area contributed by atoms with E-state index in [1.165, 1.54) is 16.6 Å². The summed E-state index contributed by atoms with van der Waals surface area (Å²) in [6, 6.07) is 6.60. The smallest absolute Gasteiger partial charge is 0.131 e. The first-order chi connectivity index (χ1) is 8.90. The number of benzene rings is 1. The van der Waals surface area contributed by atoms with Crippen LogP contribution in [0.2, 0.25) is 0 Å². The number of rotatable bonds is 3. The maximum atomic E-state index is 4.79. The average Bonchev–Trinajstić information content (AvgIpc) is 2.36. The summed E-state index contributed by atoms with van der Waals surface area (Å²) in [7, 11) is 0. The first-order valence-corrected chi connectivity index (χ1v) is 7.21. The van der Waals surface area contributed by atoms with E-state index in [9.17, 15) is 0 Å². The van der Waals surface area contributed by atoms with Gasteiger partial charge < -0.3 is 0 Å². The largest absolute Gasteiger partial charge is 0.237 e. The summed E-state index contributed by atoms with van der Waals surface area (Å²) >= 11 is 0. The molecule has 0 saturated carbocycles. The third kappa shape index (κ3) is 2.78. The molecule has 0 N–H and O–H groups in total. The Kier molecular flexibility index (Phi) is 3.88. The third-order valence-electron chi connectivity index (χ3n) is 3.50. The molecule has 102 valence electrons. The van der Waals surface area contributed by atoms with E-state index in [1.54, 1.807) is 0 Å². The highest BCUT2D eigenvalue weighted by atomic mass is 14.9. The van der Waals surface area contributed by atoms with Crippen molar-refractivity contribution in [2.45, 2.75) is 59.3 Å². The SMILES string of the molecule is CC(C)c1ccc2nc(C(C)C)nc(C(C)C)c2c1. The fourth-order valence-electron chi connectivity index (χ4n) is 2.25. The Hall–Kier alpha value is -1.44. The van der Waals surface area contributed by atoms with Crippen LogP contribution in [0.15, 0.2) is 18.2 Å². The lowest BCUT2D eigenvalue weighted by Gasteiger charge is -2.15. The highest BCUT2D eigenvalue weighted by Crippen LogP contribution is 2.27. The molecule has 1 aromatic carbocycles. The molecule has 0 fully saturated rings. The summed E-state index contributed by atoms with van der Waals surface area (Å²) in [4.78, 5) is 9.50. The molecule has 2 heteroatoms. The van der Waals surface area contributed by atoms with Crippen LogP contribution in [0.1, 0.15) is 76.4 Å². The molecular weight excluding hydrogens is 232 g/mol. The third-order valence-corrected chi connectivity index (χ3v) is 3.50. The van der Waals surface area contributed by atoms with Crippen LogP contribution < -0.4 is 0 Å². The molecule has 1 aromatic heterocycles. The Bertz CT molecular complexity index is 583. The Morgan fingerprint density at radius 2 is 1.47 bits per heavy atom. The van der Waals surface area contributed by atoms with Gasteiger partial charge in [-0.1, -0.05) is 47.6 Å². The maximum absolute atomic E-state index is 4.79. The van der Waals surface area contributed by atoms with Crippen molar-refractivity contribution in [2.24, 2.45) is 0 Å². The van der Waals surface area contributed by atoms with E-state index in [0.717, 1.165) is 11.3 Å². The number of fused-ring (bicyclic) bond motifs is 1. The first-order valence-electron chi connectivity index (χ1n) is 7.21. The van der Waals surface area contributed by atoms with Crippen LogP contribution in [0.4, 0.5) is 0 Å². The van der Waals surface area contributed by atoms with E-state index in [-0.39, 0.29) is 0 Å². The minimum atomic E-state index is 0.367. The minimum Gasteiger partial charge on any atom is -0.237 e. The molecule has 2 rings (SSSR count). The van der Waals surface area contributed by atoms with Gasteiger partial charge in [-0.2, -0.15) is 0 Å². The van der Waals surface area contributed by atoms with Crippen molar-refractivity contribution < 1.29 is 0 Å². The molecule has 19 heavy (non-hydrogen) atoms. The van der Waals surface area contributed by atoms with Crippen LogP contribution in [0.5, 0.6) is 0 Å². The van der Waals surface area contributed by atoms with Gasteiger partial charge in [-0.05, 0) is 29.5 Å².